The minimum atomic E-state index is -0.995. The predicted octanol–water partition coefficient (Wildman–Crippen LogP) is 3.12. The van der Waals surface area contributed by atoms with Gasteiger partial charge in [-0.1, -0.05) is 24.3 Å². The topological polar surface area (TPSA) is 36.9 Å². The zero-order valence-corrected chi connectivity index (χ0v) is 11.6. The molecule has 0 N–H and O–H groups in total. The van der Waals surface area contributed by atoms with Crippen molar-refractivity contribution in [3.63, 3.8) is 0 Å². The van der Waals surface area contributed by atoms with E-state index in [1.165, 1.54) is 24.3 Å². The molecule has 2 aromatic carbocycles. The van der Waals surface area contributed by atoms with Crippen molar-refractivity contribution in [2.45, 2.75) is 12.6 Å². The monoisotopic (exact) mass is 308 g/mol. The fourth-order valence-corrected chi connectivity index (χ4v) is 2.00. The lowest BCUT2D eigenvalue weighted by atomic mass is 10.3. The molecule has 0 radical (unpaired) electrons. The lowest BCUT2D eigenvalue weighted by molar-refractivity contribution is -0.271. The van der Waals surface area contributed by atoms with Gasteiger partial charge >= 0.3 is 0 Å². The number of halogens is 2. The van der Waals surface area contributed by atoms with E-state index in [2.05, 4.69) is 0 Å². The first-order valence-electron chi connectivity index (χ1n) is 6.79. The molecule has 0 spiro atoms. The molecule has 1 heterocycles. The summed E-state index contributed by atoms with van der Waals surface area (Å²) < 4.78 is 49.0. The summed E-state index contributed by atoms with van der Waals surface area (Å²) in [6.45, 7) is 0.548. The molecule has 6 heteroatoms. The molecule has 1 fully saturated rings. The second kappa shape index (κ2) is 6.72. The molecule has 4 nitrogen and oxygen atoms in total. The van der Waals surface area contributed by atoms with Crippen LogP contribution < -0.4 is 9.47 Å². The maximum Gasteiger partial charge on any atom is 0.263 e. The minimum absolute atomic E-state index is 0.0140. The molecule has 1 saturated heterocycles. The molecule has 0 aliphatic carbocycles. The highest BCUT2D eigenvalue weighted by molar-refractivity contribution is 5.25. The fraction of sp³-hybridized carbons (Fsp3) is 0.250. The van der Waals surface area contributed by atoms with E-state index in [1.807, 2.05) is 0 Å². The zero-order chi connectivity index (χ0) is 15.4. The van der Waals surface area contributed by atoms with E-state index < -0.39 is 24.2 Å². The van der Waals surface area contributed by atoms with E-state index in [9.17, 15) is 8.78 Å². The van der Waals surface area contributed by atoms with Gasteiger partial charge in [-0.25, -0.2) is 8.78 Å². The van der Waals surface area contributed by atoms with Crippen LogP contribution in [0, 0.1) is 11.6 Å². The number of hydrogen-bond donors (Lipinski definition) is 0. The molecule has 2 aromatic rings. The Kier molecular flexibility index (Phi) is 4.50. The summed E-state index contributed by atoms with van der Waals surface area (Å²) in [6.07, 6.45) is -1.99. The average molecular weight is 308 g/mol. The maximum atomic E-state index is 13.6. The Morgan fingerprint density at radius 3 is 1.55 bits per heavy atom. The number of ether oxygens (including phenoxy) is 4. The van der Waals surface area contributed by atoms with Crippen LogP contribution in [0.15, 0.2) is 48.5 Å². The van der Waals surface area contributed by atoms with Crippen molar-refractivity contribution < 1.29 is 27.7 Å². The van der Waals surface area contributed by atoms with Crippen molar-refractivity contribution in [3.8, 4) is 11.5 Å². The Labute approximate surface area is 126 Å². The number of benzene rings is 2. The summed E-state index contributed by atoms with van der Waals surface area (Å²) in [7, 11) is 0. The van der Waals surface area contributed by atoms with Gasteiger partial charge in [0.1, 0.15) is 0 Å². The second-order valence-corrected chi connectivity index (χ2v) is 4.57. The third-order valence-corrected chi connectivity index (χ3v) is 3.03. The molecule has 116 valence electrons. The fourth-order valence-electron chi connectivity index (χ4n) is 2.00. The average Bonchev–Trinajstić information content (AvgIpc) is 2.53. The highest BCUT2D eigenvalue weighted by Gasteiger charge is 2.32. The van der Waals surface area contributed by atoms with E-state index in [0.29, 0.717) is 0 Å². The van der Waals surface area contributed by atoms with Gasteiger partial charge in [-0.05, 0) is 24.3 Å². The van der Waals surface area contributed by atoms with E-state index in [-0.39, 0.29) is 24.7 Å². The van der Waals surface area contributed by atoms with E-state index >= 15 is 0 Å². The molecular formula is C16H14F2O4. The molecule has 3 rings (SSSR count). The summed E-state index contributed by atoms with van der Waals surface area (Å²) in [4.78, 5) is 0. The van der Waals surface area contributed by atoms with Crippen LogP contribution in [0.3, 0.4) is 0 Å². The smallest absolute Gasteiger partial charge is 0.263 e. The van der Waals surface area contributed by atoms with Crippen LogP contribution in [-0.2, 0) is 9.47 Å². The maximum absolute atomic E-state index is 13.6. The summed E-state index contributed by atoms with van der Waals surface area (Å²) in [5, 5.41) is 0. The SMILES string of the molecule is Fc1ccccc1O[C@H]1OCCO[C@@H]1Oc1ccccc1F. The van der Waals surface area contributed by atoms with Crippen LogP contribution >= 0.6 is 0 Å². The Balaban J connectivity index is 1.74. The number of para-hydroxylation sites is 2. The second-order valence-electron chi connectivity index (χ2n) is 4.57. The van der Waals surface area contributed by atoms with Crippen molar-refractivity contribution in [3.05, 3.63) is 60.2 Å². The van der Waals surface area contributed by atoms with E-state index in [4.69, 9.17) is 18.9 Å². The van der Waals surface area contributed by atoms with Gasteiger partial charge in [0, 0.05) is 0 Å². The van der Waals surface area contributed by atoms with E-state index in [0.717, 1.165) is 0 Å². The van der Waals surface area contributed by atoms with Gasteiger partial charge in [0.05, 0.1) is 13.2 Å². The highest BCUT2D eigenvalue weighted by Crippen LogP contribution is 2.24. The van der Waals surface area contributed by atoms with Crippen LogP contribution in [0.4, 0.5) is 8.78 Å². The van der Waals surface area contributed by atoms with Crippen molar-refractivity contribution in [1.82, 2.24) is 0 Å². The highest BCUT2D eigenvalue weighted by atomic mass is 19.1. The number of rotatable bonds is 4. The molecule has 0 saturated carbocycles. The van der Waals surface area contributed by atoms with Crippen LogP contribution in [0.1, 0.15) is 0 Å². The van der Waals surface area contributed by atoms with Crippen LogP contribution in [0.2, 0.25) is 0 Å². The lowest BCUT2D eigenvalue weighted by Crippen LogP contribution is -2.45. The lowest BCUT2D eigenvalue weighted by Gasteiger charge is -2.31. The molecule has 0 aromatic heterocycles. The van der Waals surface area contributed by atoms with Crippen molar-refractivity contribution in [2.24, 2.45) is 0 Å². The van der Waals surface area contributed by atoms with Crippen LogP contribution in [0.25, 0.3) is 0 Å². The van der Waals surface area contributed by atoms with E-state index in [1.54, 1.807) is 24.3 Å². The zero-order valence-electron chi connectivity index (χ0n) is 11.6. The van der Waals surface area contributed by atoms with Gasteiger partial charge in [-0.3, -0.25) is 0 Å². The molecule has 1 aliphatic heterocycles. The van der Waals surface area contributed by atoms with Crippen LogP contribution in [0.5, 0.6) is 11.5 Å². The molecule has 0 unspecified atom stereocenters. The third-order valence-electron chi connectivity index (χ3n) is 3.03. The molecule has 2 atom stereocenters. The molecule has 0 amide bonds. The van der Waals surface area contributed by atoms with Crippen molar-refractivity contribution >= 4 is 0 Å². The summed E-state index contributed by atoms with van der Waals surface area (Å²) in [5.74, 6) is -1.03. The predicted molar refractivity (Wildman–Crippen MR) is 73.5 cm³/mol. The first-order valence-corrected chi connectivity index (χ1v) is 6.79. The Morgan fingerprint density at radius 1 is 0.727 bits per heavy atom. The first-order chi connectivity index (χ1) is 10.7. The van der Waals surface area contributed by atoms with Crippen molar-refractivity contribution in [2.75, 3.05) is 13.2 Å². The van der Waals surface area contributed by atoms with Gasteiger partial charge in [-0.2, -0.15) is 0 Å². The molecule has 0 bridgehead atoms. The van der Waals surface area contributed by atoms with Crippen LogP contribution in [-0.4, -0.2) is 25.8 Å². The van der Waals surface area contributed by atoms with Gasteiger partial charge in [0.15, 0.2) is 23.1 Å². The quantitative estimate of drug-likeness (QED) is 0.869. The minimum Gasteiger partial charge on any atom is -0.455 e. The van der Waals surface area contributed by atoms with Crippen molar-refractivity contribution in [1.29, 1.82) is 0 Å². The number of hydrogen-bond acceptors (Lipinski definition) is 4. The van der Waals surface area contributed by atoms with Gasteiger partial charge in [-0.15, -0.1) is 0 Å². The van der Waals surface area contributed by atoms with Gasteiger partial charge in [0.2, 0.25) is 0 Å². The van der Waals surface area contributed by atoms with Gasteiger partial charge in [0.25, 0.3) is 12.6 Å². The summed E-state index contributed by atoms with van der Waals surface area (Å²) in [6, 6.07) is 11.8. The normalized spacial score (nSPS) is 21.4. The first kappa shape index (κ1) is 14.7. The Morgan fingerprint density at radius 2 is 1.14 bits per heavy atom. The Hall–Kier alpha value is -2.18. The molecular weight excluding hydrogens is 294 g/mol. The largest absolute Gasteiger partial charge is 0.455 e. The molecule has 1 aliphatic rings. The summed E-state index contributed by atoms with van der Waals surface area (Å²) >= 11 is 0. The van der Waals surface area contributed by atoms with Gasteiger partial charge < -0.3 is 18.9 Å². The standard InChI is InChI=1S/C16H14F2O4/c17-11-5-1-3-7-13(11)21-15-16(20-10-9-19-15)22-14-8-4-2-6-12(14)18/h1-8,15-16H,9-10H2/t15-,16-/m1/s1. The third kappa shape index (κ3) is 3.35. The Bertz CT molecular complexity index is 580. The molecule has 22 heavy (non-hydrogen) atoms. The summed E-state index contributed by atoms with van der Waals surface area (Å²) in [5.41, 5.74) is 0.